The van der Waals surface area contributed by atoms with Crippen molar-refractivity contribution >= 4 is 5.91 Å². The van der Waals surface area contributed by atoms with E-state index >= 15 is 0 Å². The van der Waals surface area contributed by atoms with Gasteiger partial charge in [0.25, 0.3) is 0 Å². The molecule has 0 spiro atoms. The summed E-state index contributed by atoms with van der Waals surface area (Å²) in [6, 6.07) is 10.6. The molecule has 0 aromatic heterocycles. The predicted molar refractivity (Wildman–Crippen MR) is 83.9 cm³/mol. The Labute approximate surface area is 127 Å². The molecule has 2 aliphatic heterocycles. The largest absolute Gasteiger partial charge is 0.333 e. The highest BCUT2D eigenvalue weighted by molar-refractivity contribution is 5.80. The van der Waals surface area contributed by atoms with Crippen LogP contribution in [0.4, 0.5) is 0 Å². The first-order chi connectivity index (χ1) is 10.2. The molecule has 4 nitrogen and oxygen atoms in total. The number of likely N-dealkylation sites (N-methyl/N-ethyl adjacent to an activating group) is 1. The third-order valence-corrected chi connectivity index (χ3v) is 4.89. The average molecular weight is 287 g/mol. The van der Waals surface area contributed by atoms with E-state index in [-0.39, 0.29) is 12.0 Å². The van der Waals surface area contributed by atoms with Gasteiger partial charge in [0.15, 0.2) is 0 Å². The van der Waals surface area contributed by atoms with Gasteiger partial charge in [0.1, 0.15) is 0 Å². The lowest BCUT2D eigenvalue weighted by molar-refractivity contribution is -0.141. The first kappa shape index (κ1) is 14.5. The van der Waals surface area contributed by atoms with Crippen LogP contribution in [0.5, 0.6) is 0 Å². The van der Waals surface area contributed by atoms with Crippen molar-refractivity contribution in [2.45, 2.75) is 13.0 Å². The Kier molecular flexibility index (Phi) is 4.27. The van der Waals surface area contributed by atoms with Crippen LogP contribution < -0.4 is 5.32 Å². The summed E-state index contributed by atoms with van der Waals surface area (Å²) in [5.74, 6) is 0.905. The minimum Gasteiger partial charge on any atom is -0.333 e. The lowest BCUT2D eigenvalue weighted by Crippen LogP contribution is -2.51. The molecule has 0 bridgehead atoms. The van der Waals surface area contributed by atoms with Crippen molar-refractivity contribution in [1.82, 2.24) is 15.1 Å². The van der Waals surface area contributed by atoms with Crippen LogP contribution in [0.15, 0.2) is 30.3 Å². The van der Waals surface area contributed by atoms with Gasteiger partial charge in [0.05, 0.1) is 12.0 Å². The molecule has 2 aliphatic rings. The zero-order valence-electron chi connectivity index (χ0n) is 13.0. The molecule has 2 fully saturated rings. The van der Waals surface area contributed by atoms with E-state index in [1.54, 1.807) is 0 Å². The second-order valence-electron chi connectivity index (χ2n) is 6.46. The van der Waals surface area contributed by atoms with Gasteiger partial charge < -0.3 is 15.1 Å². The lowest BCUT2D eigenvalue weighted by atomic mass is 9.94. The molecule has 2 heterocycles. The van der Waals surface area contributed by atoms with Crippen molar-refractivity contribution in [3.8, 4) is 0 Å². The standard InChI is InChI=1S/C17H25N3O/c1-13-10-18-11-15(13)17(21)20-9-8-19(2)12-16(20)14-6-4-3-5-7-14/h3-7,13,15-16,18H,8-12H2,1-2H3/t13-,15-,16?/m1/s1. The SMILES string of the molecule is C[C@@H]1CNC[C@H]1C(=O)N1CCN(C)CC1c1ccccc1. The lowest BCUT2D eigenvalue weighted by Gasteiger charge is -2.41. The highest BCUT2D eigenvalue weighted by Crippen LogP contribution is 2.29. The van der Waals surface area contributed by atoms with Crippen molar-refractivity contribution in [1.29, 1.82) is 0 Å². The molecule has 1 unspecified atom stereocenters. The Hall–Kier alpha value is -1.39. The number of carbonyl (C=O) groups excluding carboxylic acids is 1. The molecule has 3 rings (SSSR count). The van der Waals surface area contributed by atoms with Crippen LogP contribution in [0.25, 0.3) is 0 Å². The van der Waals surface area contributed by atoms with Crippen LogP contribution in [0.3, 0.4) is 0 Å². The monoisotopic (exact) mass is 287 g/mol. The van der Waals surface area contributed by atoms with Crippen LogP contribution in [0.2, 0.25) is 0 Å². The molecule has 0 radical (unpaired) electrons. The first-order valence-electron chi connectivity index (χ1n) is 7.91. The second kappa shape index (κ2) is 6.16. The summed E-state index contributed by atoms with van der Waals surface area (Å²) in [5, 5.41) is 3.35. The normalized spacial score (nSPS) is 30.6. The molecular weight excluding hydrogens is 262 g/mol. The summed E-state index contributed by atoms with van der Waals surface area (Å²) in [4.78, 5) is 17.4. The van der Waals surface area contributed by atoms with E-state index in [0.717, 1.165) is 32.7 Å². The van der Waals surface area contributed by atoms with E-state index in [1.165, 1.54) is 5.56 Å². The van der Waals surface area contributed by atoms with E-state index < -0.39 is 0 Å². The topological polar surface area (TPSA) is 35.6 Å². The van der Waals surface area contributed by atoms with E-state index in [1.807, 2.05) is 6.07 Å². The minimum absolute atomic E-state index is 0.139. The molecule has 0 saturated carbocycles. The average Bonchev–Trinajstić information content (AvgIpc) is 2.93. The van der Waals surface area contributed by atoms with Crippen LogP contribution in [0.1, 0.15) is 18.5 Å². The molecule has 1 amide bonds. The van der Waals surface area contributed by atoms with Gasteiger partial charge in [-0.1, -0.05) is 37.3 Å². The molecule has 3 atom stereocenters. The summed E-state index contributed by atoms with van der Waals surface area (Å²) in [6.45, 7) is 6.68. The number of hydrogen-bond donors (Lipinski definition) is 1. The van der Waals surface area contributed by atoms with E-state index in [2.05, 4.69) is 53.4 Å². The van der Waals surface area contributed by atoms with E-state index in [0.29, 0.717) is 11.8 Å². The van der Waals surface area contributed by atoms with Gasteiger partial charge in [-0.05, 0) is 25.1 Å². The maximum Gasteiger partial charge on any atom is 0.227 e. The first-order valence-corrected chi connectivity index (χ1v) is 7.91. The third kappa shape index (κ3) is 2.97. The van der Waals surface area contributed by atoms with Crippen LogP contribution >= 0.6 is 0 Å². The Morgan fingerprint density at radius 1 is 1.19 bits per heavy atom. The number of amides is 1. The Balaban J connectivity index is 1.82. The number of hydrogen-bond acceptors (Lipinski definition) is 3. The summed E-state index contributed by atoms with van der Waals surface area (Å²) in [6.07, 6.45) is 0. The fourth-order valence-electron chi connectivity index (χ4n) is 3.50. The maximum absolute atomic E-state index is 13.0. The van der Waals surface area contributed by atoms with Crippen LogP contribution in [0, 0.1) is 11.8 Å². The van der Waals surface area contributed by atoms with Gasteiger partial charge in [-0.2, -0.15) is 0 Å². The number of rotatable bonds is 2. The van der Waals surface area contributed by atoms with Crippen LogP contribution in [-0.4, -0.2) is 55.5 Å². The summed E-state index contributed by atoms with van der Waals surface area (Å²) in [7, 11) is 2.14. The Morgan fingerprint density at radius 2 is 1.95 bits per heavy atom. The highest BCUT2D eigenvalue weighted by atomic mass is 16.2. The molecule has 2 saturated heterocycles. The molecule has 21 heavy (non-hydrogen) atoms. The number of carbonyl (C=O) groups is 1. The van der Waals surface area contributed by atoms with E-state index in [4.69, 9.17) is 0 Å². The van der Waals surface area contributed by atoms with Gasteiger partial charge in [0, 0.05) is 26.2 Å². The zero-order chi connectivity index (χ0) is 14.8. The summed E-state index contributed by atoms with van der Waals surface area (Å²) in [5.41, 5.74) is 1.25. The second-order valence-corrected chi connectivity index (χ2v) is 6.46. The van der Waals surface area contributed by atoms with Gasteiger partial charge >= 0.3 is 0 Å². The summed E-state index contributed by atoms with van der Waals surface area (Å²) >= 11 is 0. The van der Waals surface area contributed by atoms with Gasteiger partial charge in [0.2, 0.25) is 5.91 Å². The summed E-state index contributed by atoms with van der Waals surface area (Å²) < 4.78 is 0. The van der Waals surface area contributed by atoms with Crippen molar-refractivity contribution in [2.75, 3.05) is 39.8 Å². The third-order valence-electron chi connectivity index (χ3n) is 4.89. The fraction of sp³-hybridized carbons (Fsp3) is 0.588. The molecule has 1 aromatic carbocycles. The van der Waals surface area contributed by atoms with Gasteiger partial charge in [-0.15, -0.1) is 0 Å². The zero-order valence-corrected chi connectivity index (χ0v) is 13.0. The Bertz CT molecular complexity index is 490. The maximum atomic E-state index is 13.0. The van der Waals surface area contributed by atoms with E-state index in [9.17, 15) is 4.79 Å². The number of nitrogens with one attached hydrogen (secondary N) is 1. The molecular formula is C17H25N3O. The number of benzene rings is 1. The van der Waals surface area contributed by atoms with Crippen LogP contribution in [-0.2, 0) is 4.79 Å². The Morgan fingerprint density at radius 3 is 2.62 bits per heavy atom. The number of piperazine rings is 1. The smallest absolute Gasteiger partial charge is 0.227 e. The molecule has 1 N–H and O–H groups in total. The van der Waals surface area contributed by atoms with Crippen molar-refractivity contribution < 1.29 is 4.79 Å². The van der Waals surface area contributed by atoms with Crippen molar-refractivity contribution in [2.24, 2.45) is 11.8 Å². The minimum atomic E-state index is 0.139. The van der Waals surface area contributed by atoms with Gasteiger partial charge in [-0.3, -0.25) is 4.79 Å². The fourth-order valence-corrected chi connectivity index (χ4v) is 3.50. The number of nitrogens with zero attached hydrogens (tertiary/aromatic N) is 2. The predicted octanol–water partition coefficient (Wildman–Crippen LogP) is 1.36. The highest BCUT2D eigenvalue weighted by Gasteiger charge is 2.37. The molecule has 114 valence electrons. The van der Waals surface area contributed by atoms with Gasteiger partial charge in [-0.25, -0.2) is 0 Å². The van der Waals surface area contributed by atoms with Crippen molar-refractivity contribution in [3.05, 3.63) is 35.9 Å². The quantitative estimate of drug-likeness (QED) is 0.892. The van der Waals surface area contributed by atoms with Crippen molar-refractivity contribution in [3.63, 3.8) is 0 Å². The molecule has 4 heteroatoms. The molecule has 1 aromatic rings. The molecule has 0 aliphatic carbocycles.